The standard InChI is InChI=1S/C7H13Cl3N2O/c1-12(2)5-3-4-11-6(13)7(8,9)10/h3-5H2,1-2H3,(H,11,13)/p+1. The molecule has 13 heavy (non-hydrogen) atoms. The molecule has 1 amide bonds. The van der Waals surface area contributed by atoms with E-state index in [1.54, 1.807) is 0 Å². The van der Waals surface area contributed by atoms with E-state index in [4.69, 9.17) is 34.8 Å². The maximum atomic E-state index is 11.0. The van der Waals surface area contributed by atoms with E-state index in [2.05, 4.69) is 5.32 Å². The lowest BCUT2D eigenvalue weighted by Gasteiger charge is -2.11. The van der Waals surface area contributed by atoms with Crippen molar-refractivity contribution < 1.29 is 9.69 Å². The highest BCUT2D eigenvalue weighted by Crippen LogP contribution is 2.25. The number of quaternary nitrogens is 1. The van der Waals surface area contributed by atoms with Crippen LogP contribution in [0.3, 0.4) is 0 Å². The molecule has 0 aromatic carbocycles. The molecule has 78 valence electrons. The maximum Gasteiger partial charge on any atom is 0.272 e. The third-order valence-corrected chi connectivity index (χ3v) is 1.91. The van der Waals surface area contributed by atoms with E-state index in [0.717, 1.165) is 13.0 Å². The van der Waals surface area contributed by atoms with Crippen LogP contribution in [0, 0.1) is 0 Å². The van der Waals surface area contributed by atoms with E-state index in [0.29, 0.717) is 6.54 Å². The summed E-state index contributed by atoms with van der Waals surface area (Å²) in [6.07, 6.45) is 0.870. The fourth-order valence-electron chi connectivity index (χ4n) is 0.744. The Labute approximate surface area is 93.3 Å². The highest BCUT2D eigenvalue weighted by Gasteiger charge is 2.29. The second-order valence-corrected chi connectivity index (χ2v) is 5.35. The van der Waals surface area contributed by atoms with Crippen molar-refractivity contribution >= 4 is 40.7 Å². The summed E-state index contributed by atoms with van der Waals surface area (Å²) in [5.41, 5.74) is 0. The molecular weight excluding hydrogens is 234 g/mol. The van der Waals surface area contributed by atoms with Gasteiger partial charge in [0.2, 0.25) is 0 Å². The molecule has 0 aliphatic carbocycles. The molecule has 2 N–H and O–H groups in total. The van der Waals surface area contributed by atoms with Crippen LogP contribution in [0.15, 0.2) is 0 Å². The average molecular weight is 249 g/mol. The van der Waals surface area contributed by atoms with Crippen molar-refractivity contribution in [1.82, 2.24) is 5.32 Å². The van der Waals surface area contributed by atoms with Crippen LogP contribution in [-0.4, -0.2) is 36.9 Å². The molecule has 0 unspecified atom stereocenters. The van der Waals surface area contributed by atoms with E-state index in [1.807, 2.05) is 14.1 Å². The van der Waals surface area contributed by atoms with Crippen LogP contribution in [-0.2, 0) is 4.79 Å². The van der Waals surface area contributed by atoms with E-state index in [1.165, 1.54) is 4.90 Å². The van der Waals surface area contributed by atoms with Gasteiger partial charge in [-0.2, -0.15) is 0 Å². The van der Waals surface area contributed by atoms with Crippen LogP contribution in [0.4, 0.5) is 0 Å². The van der Waals surface area contributed by atoms with Crippen LogP contribution in [0.25, 0.3) is 0 Å². The number of amides is 1. The molecule has 0 saturated carbocycles. The molecule has 0 fully saturated rings. The Balaban J connectivity index is 3.49. The first-order valence-corrected chi connectivity index (χ1v) is 5.11. The highest BCUT2D eigenvalue weighted by molar-refractivity contribution is 6.76. The third-order valence-electron chi connectivity index (χ3n) is 1.40. The third kappa shape index (κ3) is 7.38. The fraction of sp³-hybridized carbons (Fsp3) is 0.857. The Morgan fingerprint density at radius 1 is 1.38 bits per heavy atom. The van der Waals surface area contributed by atoms with Crippen LogP contribution in [0.2, 0.25) is 0 Å². The van der Waals surface area contributed by atoms with Gasteiger partial charge in [-0.3, -0.25) is 4.79 Å². The van der Waals surface area contributed by atoms with Gasteiger partial charge < -0.3 is 10.2 Å². The van der Waals surface area contributed by atoms with Gasteiger partial charge in [0.1, 0.15) is 0 Å². The lowest BCUT2D eigenvalue weighted by Crippen LogP contribution is -3.05. The van der Waals surface area contributed by atoms with E-state index < -0.39 is 9.70 Å². The normalized spacial score (nSPS) is 11.8. The summed E-state index contributed by atoms with van der Waals surface area (Å²) >= 11 is 16.0. The number of carbonyl (C=O) groups excluding carboxylic acids is 1. The molecule has 0 radical (unpaired) electrons. The summed E-state index contributed by atoms with van der Waals surface area (Å²) in [6.45, 7) is 1.51. The van der Waals surface area contributed by atoms with Crippen molar-refractivity contribution in [3.8, 4) is 0 Å². The smallest absolute Gasteiger partial charge is 0.272 e. The summed E-state index contributed by atoms with van der Waals surface area (Å²) < 4.78 is -1.84. The molecule has 0 aliphatic rings. The Hall–Kier alpha value is 0.300. The van der Waals surface area contributed by atoms with Gasteiger partial charge in [-0.15, -0.1) is 0 Å². The van der Waals surface area contributed by atoms with Crippen molar-refractivity contribution in [2.75, 3.05) is 27.2 Å². The molecule has 0 aliphatic heterocycles. The first kappa shape index (κ1) is 13.3. The molecule has 0 atom stereocenters. The van der Waals surface area contributed by atoms with Crippen molar-refractivity contribution in [2.24, 2.45) is 0 Å². The molecule has 3 nitrogen and oxygen atoms in total. The predicted molar refractivity (Wildman–Crippen MR) is 55.6 cm³/mol. The molecule has 0 rings (SSSR count). The lowest BCUT2D eigenvalue weighted by molar-refractivity contribution is -0.858. The number of carbonyl (C=O) groups is 1. The van der Waals surface area contributed by atoms with Crippen molar-refractivity contribution in [3.63, 3.8) is 0 Å². The summed E-state index contributed by atoms with van der Waals surface area (Å²) in [6, 6.07) is 0. The molecule has 6 heteroatoms. The van der Waals surface area contributed by atoms with Crippen molar-refractivity contribution in [3.05, 3.63) is 0 Å². The van der Waals surface area contributed by atoms with Crippen molar-refractivity contribution in [1.29, 1.82) is 0 Å². The Bertz CT molecular complexity index is 168. The minimum Gasteiger partial charge on any atom is -0.352 e. The molecule has 0 spiro atoms. The predicted octanol–water partition coefficient (Wildman–Crippen LogP) is 0.00740. The molecule has 0 bridgehead atoms. The zero-order valence-electron chi connectivity index (χ0n) is 7.66. The van der Waals surface area contributed by atoms with E-state index in [-0.39, 0.29) is 0 Å². The van der Waals surface area contributed by atoms with Gasteiger partial charge in [0, 0.05) is 13.0 Å². The summed E-state index contributed by atoms with van der Waals surface area (Å²) in [5, 5.41) is 2.53. The first-order valence-electron chi connectivity index (χ1n) is 3.98. The fourth-order valence-corrected chi connectivity index (χ4v) is 0.945. The van der Waals surface area contributed by atoms with Crippen LogP contribution in [0.1, 0.15) is 6.42 Å². The number of hydrogen-bond donors (Lipinski definition) is 2. The number of hydrogen-bond acceptors (Lipinski definition) is 1. The average Bonchev–Trinajstić information content (AvgIpc) is 1.95. The largest absolute Gasteiger partial charge is 0.352 e. The SMILES string of the molecule is C[NH+](C)CCCNC(=O)C(Cl)(Cl)Cl. The number of rotatable bonds is 4. The number of nitrogens with one attached hydrogen (secondary N) is 2. The molecule has 0 aromatic heterocycles. The van der Waals surface area contributed by atoms with Gasteiger partial charge >= 0.3 is 0 Å². The molecule has 0 aromatic rings. The van der Waals surface area contributed by atoms with Gasteiger partial charge in [-0.1, -0.05) is 34.8 Å². The zero-order valence-corrected chi connectivity index (χ0v) is 9.93. The van der Waals surface area contributed by atoms with Gasteiger partial charge in [0.25, 0.3) is 9.70 Å². The van der Waals surface area contributed by atoms with Crippen LogP contribution >= 0.6 is 34.8 Å². The number of alkyl halides is 3. The topological polar surface area (TPSA) is 33.5 Å². The summed E-state index contributed by atoms with van der Waals surface area (Å²) in [4.78, 5) is 12.3. The highest BCUT2D eigenvalue weighted by atomic mass is 35.6. The lowest BCUT2D eigenvalue weighted by atomic mass is 10.4. The minimum atomic E-state index is -1.84. The second kappa shape index (κ2) is 5.91. The zero-order chi connectivity index (χ0) is 10.5. The van der Waals surface area contributed by atoms with E-state index in [9.17, 15) is 4.79 Å². The quantitative estimate of drug-likeness (QED) is 0.533. The minimum absolute atomic E-state index is 0.540. The molecule has 0 saturated heterocycles. The second-order valence-electron chi connectivity index (χ2n) is 3.06. The Morgan fingerprint density at radius 3 is 2.31 bits per heavy atom. The Morgan fingerprint density at radius 2 is 1.92 bits per heavy atom. The van der Waals surface area contributed by atoms with Crippen LogP contribution < -0.4 is 10.2 Å². The maximum absolute atomic E-state index is 11.0. The first-order chi connectivity index (χ1) is 5.84. The molecular formula is C7H14Cl3N2O+. The van der Waals surface area contributed by atoms with Crippen molar-refractivity contribution in [2.45, 2.75) is 10.2 Å². The number of halogens is 3. The van der Waals surface area contributed by atoms with Gasteiger partial charge in [-0.25, -0.2) is 0 Å². The summed E-state index contributed by atoms with van der Waals surface area (Å²) in [7, 11) is 4.08. The van der Waals surface area contributed by atoms with Gasteiger partial charge in [0.05, 0.1) is 20.6 Å². The van der Waals surface area contributed by atoms with Crippen LogP contribution in [0.5, 0.6) is 0 Å². The Kier molecular flexibility index (Phi) is 6.05. The monoisotopic (exact) mass is 247 g/mol. The summed E-state index contributed by atoms with van der Waals surface area (Å²) in [5.74, 6) is -0.564. The van der Waals surface area contributed by atoms with Gasteiger partial charge in [0.15, 0.2) is 0 Å². The van der Waals surface area contributed by atoms with E-state index >= 15 is 0 Å². The molecule has 0 heterocycles. The van der Waals surface area contributed by atoms with Gasteiger partial charge in [-0.05, 0) is 0 Å².